The maximum Gasteiger partial charge on any atom is 0.341 e. The first-order valence-electron chi connectivity index (χ1n) is 9.47. The molecule has 6 heteroatoms. The highest BCUT2D eigenvalue weighted by Crippen LogP contribution is 2.27. The number of carboxylic acid groups (broad SMARTS) is 1. The SMILES string of the molecule is CCCCc1ccc(OCC(=O)O)c(C(=O)C2C=NN(c3ccccc3)C2)c1. The molecule has 2 aromatic carbocycles. The number of hydrogen-bond acceptors (Lipinski definition) is 5. The number of nitrogens with zero attached hydrogens (tertiary/aromatic N) is 2. The summed E-state index contributed by atoms with van der Waals surface area (Å²) in [6.07, 6.45) is 4.59. The first-order valence-corrected chi connectivity index (χ1v) is 9.47. The number of carboxylic acids is 1. The van der Waals surface area contributed by atoms with Crippen molar-refractivity contribution < 1.29 is 19.4 Å². The van der Waals surface area contributed by atoms with Crippen LogP contribution in [0.3, 0.4) is 0 Å². The number of ketones is 1. The average molecular weight is 380 g/mol. The Labute approximate surface area is 164 Å². The lowest BCUT2D eigenvalue weighted by atomic mass is 9.95. The van der Waals surface area contributed by atoms with Gasteiger partial charge in [0.2, 0.25) is 0 Å². The Bertz CT molecular complexity index is 864. The summed E-state index contributed by atoms with van der Waals surface area (Å²) >= 11 is 0. The van der Waals surface area contributed by atoms with Gasteiger partial charge in [0.1, 0.15) is 5.75 Å². The van der Waals surface area contributed by atoms with Crippen LogP contribution in [0.1, 0.15) is 35.7 Å². The van der Waals surface area contributed by atoms with Gasteiger partial charge < -0.3 is 9.84 Å². The van der Waals surface area contributed by atoms with E-state index in [9.17, 15) is 9.59 Å². The summed E-state index contributed by atoms with van der Waals surface area (Å²) in [6.45, 7) is 2.08. The molecule has 0 aliphatic carbocycles. The molecule has 1 aliphatic rings. The summed E-state index contributed by atoms with van der Waals surface area (Å²) in [5.41, 5.74) is 2.39. The van der Waals surface area contributed by atoms with E-state index in [1.165, 1.54) is 0 Å². The van der Waals surface area contributed by atoms with E-state index >= 15 is 0 Å². The van der Waals surface area contributed by atoms with Crippen LogP contribution >= 0.6 is 0 Å². The van der Waals surface area contributed by atoms with E-state index in [1.807, 2.05) is 42.5 Å². The van der Waals surface area contributed by atoms with Crippen molar-refractivity contribution in [1.29, 1.82) is 0 Å². The van der Waals surface area contributed by atoms with Crippen molar-refractivity contribution in [3.63, 3.8) is 0 Å². The summed E-state index contributed by atoms with van der Waals surface area (Å²) in [4.78, 5) is 24.1. The monoisotopic (exact) mass is 380 g/mol. The zero-order valence-electron chi connectivity index (χ0n) is 15.9. The molecule has 1 unspecified atom stereocenters. The van der Waals surface area contributed by atoms with Crippen LogP contribution in [0.4, 0.5) is 5.69 Å². The maximum absolute atomic E-state index is 13.2. The fourth-order valence-corrected chi connectivity index (χ4v) is 3.14. The second-order valence-electron chi connectivity index (χ2n) is 6.77. The number of aliphatic carboxylic acids is 1. The summed E-state index contributed by atoms with van der Waals surface area (Å²) in [6, 6.07) is 15.1. The number of ether oxygens (including phenoxy) is 1. The summed E-state index contributed by atoms with van der Waals surface area (Å²) in [5, 5.41) is 15.1. The lowest BCUT2D eigenvalue weighted by Gasteiger charge is -2.17. The number of carbonyl (C=O) groups is 2. The maximum atomic E-state index is 13.2. The number of hydrogen-bond donors (Lipinski definition) is 1. The second-order valence-corrected chi connectivity index (χ2v) is 6.77. The summed E-state index contributed by atoms with van der Waals surface area (Å²) in [5.74, 6) is -1.29. The van der Waals surface area contributed by atoms with E-state index < -0.39 is 18.5 Å². The van der Waals surface area contributed by atoms with Crippen LogP contribution in [-0.4, -0.2) is 36.2 Å². The van der Waals surface area contributed by atoms with Gasteiger partial charge in [-0.1, -0.05) is 37.6 Å². The number of rotatable bonds is 9. The Morgan fingerprint density at radius 3 is 2.71 bits per heavy atom. The standard InChI is InChI=1S/C22H24N2O4/c1-2-3-7-16-10-11-20(28-15-21(25)26)19(12-16)22(27)17-13-23-24(14-17)18-8-5-4-6-9-18/h4-6,8-13,17H,2-3,7,14-15H2,1H3,(H,25,26). The number of unbranched alkanes of at least 4 members (excludes halogenated alkanes) is 1. The number of hydrazone groups is 1. The van der Waals surface area contributed by atoms with Gasteiger partial charge in [-0.05, 0) is 42.7 Å². The molecule has 0 saturated heterocycles. The number of benzene rings is 2. The Morgan fingerprint density at radius 1 is 1.21 bits per heavy atom. The van der Waals surface area contributed by atoms with E-state index in [2.05, 4.69) is 12.0 Å². The van der Waals surface area contributed by atoms with Crippen LogP contribution in [-0.2, 0) is 11.2 Å². The Kier molecular flexibility index (Phi) is 6.42. The minimum Gasteiger partial charge on any atom is -0.481 e. The zero-order valence-corrected chi connectivity index (χ0v) is 15.9. The number of para-hydroxylation sites is 1. The first-order chi connectivity index (χ1) is 13.6. The van der Waals surface area contributed by atoms with E-state index in [0.29, 0.717) is 17.9 Å². The van der Waals surface area contributed by atoms with Gasteiger partial charge in [-0.2, -0.15) is 5.10 Å². The van der Waals surface area contributed by atoms with Crippen molar-refractivity contribution in [2.45, 2.75) is 26.2 Å². The van der Waals surface area contributed by atoms with Gasteiger partial charge in [0.05, 0.1) is 23.7 Å². The minimum absolute atomic E-state index is 0.110. The molecular formula is C22H24N2O4. The molecule has 6 nitrogen and oxygen atoms in total. The van der Waals surface area contributed by atoms with Crippen molar-refractivity contribution in [3.8, 4) is 5.75 Å². The normalized spacial score (nSPS) is 15.6. The van der Waals surface area contributed by atoms with Crippen LogP contribution in [0.25, 0.3) is 0 Å². The molecule has 3 rings (SSSR count). The van der Waals surface area contributed by atoms with Gasteiger partial charge in [-0.15, -0.1) is 0 Å². The van der Waals surface area contributed by atoms with E-state index in [-0.39, 0.29) is 5.78 Å². The van der Waals surface area contributed by atoms with Gasteiger partial charge in [0.25, 0.3) is 0 Å². The minimum atomic E-state index is -1.08. The Balaban J connectivity index is 1.80. The van der Waals surface area contributed by atoms with Crippen molar-refractivity contribution >= 4 is 23.7 Å². The Morgan fingerprint density at radius 2 is 2.00 bits per heavy atom. The fraction of sp³-hybridized carbons (Fsp3) is 0.318. The molecule has 1 aliphatic heterocycles. The molecule has 1 N–H and O–H groups in total. The predicted molar refractivity (Wildman–Crippen MR) is 108 cm³/mol. The van der Waals surface area contributed by atoms with E-state index in [1.54, 1.807) is 17.3 Å². The third-order valence-electron chi connectivity index (χ3n) is 4.63. The fourth-order valence-electron chi connectivity index (χ4n) is 3.14. The number of Topliss-reactive ketones (excluding diaryl/α,β-unsaturated/α-hetero) is 1. The highest BCUT2D eigenvalue weighted by atomic mass is 16.5. The molecule has 28 heavy (non-hydrogen) atoms. The molecule has 0 bridgehead atoms. The molecule has 0 amide bonds. The van der Waals surface area contributed by atoms with Crippen molar-refractivity contribution in [1.82, 2.24) is 0 Å². The molecule has 0 fully saturated rings. The largest absolute Gasteiger partial charge is 0.481 e. The molecule has 0 saturated carbocycles. The van der Waals surface area contributed by atoms with Crippen LogP contribution in [0.5, 0.6) is 5.75 Å². The van der Waals surface area contributed by atoms with Crippen LogP contribution < -0.4 is 9.75 Å². The average Bonchev–Trinajstić information content (AvgIpc) is 3.21. The smallest absolute Gasteiger partial charge is 0.341 e. The van der Waals surface area contributed by atoms with E-state index in [4.69, 9.17) is 9.84 Å². The van der Waals surface area contributed by atoms with Crippen molar-refractivity contribution in [2.24, 2.45) is 11.0 Å². The molecule has 0 spiro atoms. The lowest BCUT2D eigenvalue weighted by Crippen LogP contribution is -2.24. The molecule has 1 heterocycles. The third-order valence-corrected chi connectivity index (χ3v) is 4.63. The molecule has 1 atom stereocenters. The molecule has 0 radical (unpaired) electrons. The summed E-state index contributed by atoms with van der Waals surface area (Å²) < 4.78 is 5.37. The molecule has 0 aromatic heterocycles. The molecule has 146 valence electrons. The van der Waals surface area contributed by atoms with Gasteiger partial charge >= 0.3 is 5.97 Å². The molecular weight excluding hydrogens is 356 g/mol. The van der Waals surface area contributed by atoms with Gasteiger partial charge in [-0.3, -0.25) is 9.80 Å². The third kappa shape index (κ3) is 4.76. The van der Waals surface area contributed by atoms with E-state index in [0.717, 1.165) is 30.5 Å². The summed E-state index contributed by atoms with van der Waals surface area (Å²) in [7, 11) is 0. The highest BCUT2D eigenvalue weighted by Gasteiger charge is 2.28. The van der Waals surface area contributed by atoms with Crippen LogP contribution in [0.15, 0.2) is 53.6 Å². The number of carbonyl (C=O) groups excluding carboxylic acids is 1. The molecule has 2 aromatic rings. The van der Waals surface area contributed by atoms with Crippen LogP contribution in [0.2, 0.25) is 0 Å². The van der Waals surface area contributed by atoms with Gasteiger partial charge in [-0.25, -0.2) is 4.79 Å². The zero-order chi connectivity index (χ0) is 19.9. The van der Waals surface area contributed by atoms with Gasteiger partial charge in [0.15, 0.2) is 12.4 Å². The lowest BCUT2D eigenvalue weighted by molar-refractivity contribution is -0.139. The number of anilines is 1. The number of aryl methyl sites for hydroxylation is 1. The Hall–Kier alpha value is -3.15. The highest BCUT2D eigenvalue weighted by molar-refractivity contribution is 6.09. The quantitative estimate of drug-likeness (QED) is 0.670. The topological polar surface area (TPSA) is 79.2 Å². The first kappa shape index (κ1) is 19.6. The van der Waals surface area contributed by atoms with Gasteiger partial charge in [0, 0.05) is 6.21 Å². The second kappa shape index (κ2) is 9.17. The predicted octanol–water partition coefficient (Wildman–Crippen LogP) is 3.80. The van der Waals surface area contributed by atoms with Crippen molar-refractivity contribution in [2.75, 3.05) is 18.2 Å². The van der Waals surface area contributed by atoms with Crippen LogP contribution in [0, 0.1) is 5.92 Å². The van der Waals surface area contributed by atoms with Crippen molar-refractivity contribution in [3.05, 3.63) is 59.7 Å².